The average molecular weight is 174 g/mol. The van der Waals surface area contributed by atoms with E-state index in [-0.39, 0.29) is 0 Å². The molecule has 0 saturated carbocycles. The van der Waals surface area contributed by atoms with Crippen LogP contribution in [0, 0.1) is 5.92 Å². The molecule has 1 aromatic rings. The maximum atomic E-state index is 3.98. The molecule has 1 unspecified atom stereocenters. The molecule has 0 amide bonds. The Bertz CT molecular complexity index is 273. The highest BCUT2D eigenvalue weighted by Gasteiger charge is 2.09. The van der Waals surface area contributed by atoms with Crippen LogP contribution in [0.5, 0.6) is 0 Å². The molecular formula is C11H14N2. The van der Waals surface area contributed by atoms with Crippen LogP contribution in [0.3, 0.4) is 0 Å². The normalized spacial score (nSPS) is 22.6. The second-order valence-corrected chi connectivity index (χ2v) is 3.39. The van der Waals surface area contributed by atoms with Crippen molar-refractivity contribution in [1.82, 2.24) is 10.3 Å². The fraction of sp³-hybridized carbons (Fsp3) is 0.364. The summed E-state index contributed by atoms with van der Waals surface area (Å²) in [5.74, 6) is 0.716. The van der Waals surface area contributed by atoms with E-state index in [9.17, 15) is 0 Å². The van der Waals surface area contributed by atoms with Crippen LogP contribution in [0.1, 0.15) is 12.0 Å². The van der Waals surface area contributed by atoms with Crippen molar-refractivity contribution in [2.45, 2.75) is 6.42 Å². The van der Waals surface area contributed by atoms with Crippen molar-refractivity contribution in [3.8, 4) is 0 Å². The third-order valence-corrected chi connectivity index (χ3v) is 2.37. The molecule has 68 valence electrons. The smallest absolute Gasteiger partial charge is 0.0273 e. The van der Waals surface area contributed by atoms with E-state index in [1.165, 1.54) is 12.0 Å². The van der Waals surface area contributed by atoms with Gasteiger partial charge in [0.1, 0.15) is 0 Å². The van der Waals surface area contributed by atoms with Crippen LogP contribution in [-0.2, 0) is 0 Å². The van der Waals surface area contributed by atoms with E-state index < -0.39 is 0 Å². The molecule has 0 aromatic carbocycles. The van der Waals surface area contributed by atoms with E-state index in [1.807, 2.05) is 24.5 Å². The first-order valence-corrected chi connectivity index (χ1v) is 4.74. The highest BCUT2D eigenvalue weighted by molar-refractivity contribution is 5.48. The summed E-state index contributed by atoms with van der Waals surface area (Å²) < 4.78 is 0. The Labute approximate surface area is 78.7 Å². The van der Waals surface area contributed by atoms with E-state index in [4.69, 9.17) is 0 Å². The van der Waals surface area contributed by atoms with Gasteiger partial charge in [-0.3, -0.25) is 4.98 Å². The third kappa shape index (κ3) is 2.39. The van der Waals surface area contributed by atoms with Crippen molar-refractivity contribution in [3.63, 3.8) is 0 Å². The van der Waals surface area contributed by atoms with E-state index in [0.717, 1.165) is 13.1 Å². The molecule has 1 saturated heterocycles. The fourth-order valence-electron chi connectivity index (χ4n) is 1.56. The second-order valence-electron chi connectivity index (χ2n) is 3.39. The zero-order valence-electron chi connectivity index (χ0n) is 7.61. The van der Waals surface area contributed by atoms with Crippen LogP contribution in [-0.4, -0.2) is 18.1 Å². The van der Waals surface area contributed by atoms with Crippen LogP contribution < -0.4 is 5.32 Å². The van der Waals surface area contributed by atoms with E-state index >= 15 is 0 Å². The van der Waals surface area contributed by atoms with Gasteiger partial charge in [-0.25, -0.2) is 0 Å². The molecule has 1 atom stereocenters. The van der Waals surface area contributed by atoms with Crippen LogP contribution in [0.4, 0.5) is 0 Å². The number of pyridine rings is 1. The van der Waals surface area contributed by atoms with Crippen molar-refractivity contribution >= 4 is 6.08 Å². The number of nitrogens with zero attached hydrogens (tertiary/aromatic N) is 1. The standard InChI is InChI=1S/C11H14N2/c1(2-11-5-8-13-9-11)10-3-6-12-7-4-10/h1-4,6-7,11,13H,5,8-9H2/b2-1+. The predicted molar refractivity (Wildman–Crippen MR) is 54.2 cm³/mol. The number of aromatic nitrogens is 1. The van der Waals surface area contributed by atoms with Gasteiger partial charge in [0.05, 0.1) is 0 Å². The zero-order chi connectivity index (χ0) is 8.93. The maximum absolute atomic E-state index is 3.98. The lowest BCUT2D eigenvalue weighted by Crippen LogP contribution is -2.07. The lowest BCUT2D eigenvalue weighted by Gasteiger charge is -1.98. The highest BCUT2D eigenvalue weighted by Crippen LogP contribution is 2.11. The van der Waals surface area contributed by atoms with E-state index in [0.29, 0.717) is 5.92 Å². The van der Waals surface area contributed by atoms with Gasteiger partial charge in [0.25, 0.3) is 0 Å². The largest absolute Gasteiger partial charge is 0.316 e. The molecule has 2 heteroatoms. The van der Waals surface area contributed by atoms with Crippen molar-refractivity contribution in [2.75, 3.05) is 13.1 Å². The molecule has 2 heterocycles. The molecule has 1 N–H and O–H groups in total. The topological polar surface area (TPSA) is 24.9 Å². The summed E-state index contributed by atoms with van der Waals surface area (Å²) in [6, 6.07) is 4.05. The van der Waals surface area contributed by atoms with E-state index in [1.54, 1.807) is 0 Å². The van der Waals surface area contributed by atoms with Crippen molar-refractivity contribution in [1.29, 1.82) is 0 Å². The second kappa shape index (κ2) is 4.19. The van der Waals surface area contributed by atoms with Gasteiger partial charge in [-0.15, -0.1) is 0 Å². The Kier molecular flexibility index (Phi) is 2.72. The Morgan fingerprint density at radius 2 is 2.23 bits per heavy atom. The third-order valence-electron chi connectivity index (χ3n) is 2.37. The lowest BCUT2D eigenvalue weighted by molar-refractivity contribution is 0.731. The summed E-state index contributed by atoms with van der Waals surface area (Å²) in [6.07, 6.45) is 9.38. The summed E-state index contributed by atoms with van der Waals surface area (Å²) >= 11 is 0. The number of nitrogens with one attached hydrogen (secondary N) is 1. The average Bonchev–Trinajstić information content (AvgIpc) is 2.69. The van der Waals surface area contributed by atoms with Gasteiger partial charge in [0.2, 0.25) is 0 Å². The first-order chi connectivity index (χ1) is 6.45. The minimum absolute atomic E-state index is 0.716. The quantitative estimate of drug-likeness (QED) is 0.738. The molecule has 1 fully saturated rings. The molecule has 1 aliphatic rings. The van der Waals surface area contributed by atoms with Crippen LogP contribution in [0.15, 0.2) is 30.6 Å². The molecule has 0 radical (unpaired) electrons. The summed E-state index contributed by atoms with van der Waals surface area (Å²) in [7, 11) is 0. The van der Waals surface area contributed by atoms with Crippen LogP contribution >= 0.6 is 0 Å². The molecule has 1 aromatic heterocycles. The molecule has 2 rings (SSSR count). The molecule has 0 spiro atoms. The molecule has 0 bridgehead atoms. The Balaban J connectivity index is 1.97. The Morgan fingerprint density at radius 1 is 1.38 bits per heavy atom. The van der Waals surface area contributed by atoms with Gasteiger partial charge in [-0.2, -0.15) is 0 Å². The fourth-order valence-corrected chi connectivity index (χ4v) is 1.56. The van der Waals surface area contributed by atoms with Gasteiger partial charge in [-0.05, 0) is 36.6 Å². The summed E-state index contributed by atoms with van der Waals surface area (Å²) in [6.45, 7) is 2.28. The lowest BCUT2D eigenvalue weighted by atomic mass is 10.1. The van der Waals surface area contributed by atoms with Gasteiger partial charge in [0.15, 0.2) is 0 Å². The molecule has 13 heavy (non-hydrogen) atoms. The monoisotopic (exact) mass is 174 g/mol. The minimum Gasteiger partial charge on any atom is -0.316 e. The first kappa shape index (κ1) is 8.45. The molecule has 1 aliphatic heterocycles. The van der Waals surface area contributed by atoms with Crippen LogP contribution in [0.2, 0.25) is 0 Å². The van der Waals surface area contributed by atoms with Crippen LogP contribution in [0.25, 0.3) is 6.08 Å². The number of hydrogen-bond acceptors (Lipinski definition) is 2. The van der Waals surface area contributed by atoms with Gasteiger partial charge in [0, 0.05) is 18.9 Å². The van der Waals surface area contributed by atoms with Gasteiger partial charge < -0.3 is 5.32 Å². The molecule has 0 aliphatic carbocycles. The summed E-state index contributed by atoms with van der Waals surface area (Å²) in [4.78, 5) is 3.98. The summed E-state index contributed by atoms with van der Waals surface area (Å²) in [5.41, 5.74) is 1.24. The maximum Gasteiger partial charge on any atom is 0.0273 e. The SMILES string of the molecule is C(=C\C1CCNC1)/c1ccncc1. The minimum atomic E-state index is 0.716. The zero-order valence-corrected chi connectivity index (χ0v) is 7.61. The number of rotatable bonds is 2. The van der Waals surface area contributed by atoms with Crippen molar-refractivity contribution in [3.05, 3.63) is 36.2 Å². The number of hydrogen-bond donors (Lipinski definition) is 1. The highest BCUT2D eigenvalue weighted by atomic mass is 14.9. The Morgan fingerprint density at radius 3 is 2.92 bits per heavy atom. The van der Waals surface area contributed by atoms with Crippen molar-refractivity contribution in [2.24, 2.45) is 5.92 Å². The van der Waals surface area contributed by atoms with Crippen molar-refractivity contribution < 1.29 is 0 Å². The Hall–Kier alpha value is -1.15. The molecular weight excluding hydrogens is 160 g/mol. The van der Waals surface area contributed by atoms with Gasteiger partial charge >= 0.3 is 0 Å². The first-order valence-electron chi connectivity index (χ1n) is 4.74. The van der Waals surface area contributed by atoms with Gasteiger partial charge in [-0.1, -0.05) is 12.2 Å². The summed E-state index contributed by atoms with van der Waals surface area (Å²) in [5, 5.41) is 3.34. The predicted octanol–water partition coefficient (Wildman–Crippen LogP) is 1.70. The van der Waals surface area contributed by atoms with E-state index in [2.05, 4.69) is 22.5 Å². The molecule has 2 nitrogen and oxygen atoms in total.